The highest BCUT2D eigenvalue weighted by molar-refractivity contribution is 5.33. The quantitative estimate of drug-likeness (QED) is 0.887. The molecule has 0 radical (unpaired) electrons. The van der Waals surface area contributed by atoms with Gasteiger partial charge in [0.15, 0.2) is 0 Å². The van der Waals surface area contributed by atoms with Crippen molar-refractivity contribution in [3.05, 3.63) is 11.9 Å². The summed E-state index contributed by atoms with van der Waals surface area (Å²) in [4.78, 5) is 7.13. The average molecular weight is 264 g/mol. The number of rotatable bonds is 5. The van der Waals surface area contributed by atoms with Crippen LogP contribution in [0, 0.1) is 5.92 Å². The van der Waals surface area contributed by atoms with Crippen molar-refractivity contribution < 1.29 is 0 Å². The molecule has 108 valence electrons. The van der Waals surface area contributed by atoms with Crippen LogP contribution in [0.2, 0.25) is 0 Å². The zero-order chi connectivity index (χ0) is 13.8. The van der Waals surface area contributed by atoms with Crippen molar-refractivity contribution in [2.75, 3.05) is 31.6 Å². The molecule has 0 bridgehead atoms. The Morgan fingerprint density at radius 1 is 1.42 bits per heavy atom. The van der Waals surface area contributed by atoms with Crippen molar-refractivity contribution in [3.8, 4) is 0 Å². The van der Waals surface area contributed by atoms with Gasteiger partial charge in [0.05, 0.1) is 5.69 Å². The minimum Gasteiger partial charge on any atom is -0.345 e. The highest BCUT2D eigenvalue weighted by Gasteiger charge is 2.19. The molecule has 0 saturated carbocycles. The standard InChI is InChI=1S/C15H28N4/c1-5-14-11-19(12(2)3)15(17-14)18(4)10-13-6-8-16-9-7-13/h11-13,16H,5-10H2,1-4H3. The number of piperidine rings is 1. The van der Waals surface area contributed by atoms with Gasteiger partial charge in [-0.05, 0) is 52.1 Å². The van der Waals surface area contributed by atoms with E-state index in [1.165, 1.54) is 18.5 Å². The van der Waals surface area contributed by atoms with E-state index < -0.39 is 0 Å². The third-order valence-electron chi connectivity index (χ3n) is 4.01. The third kappa shape index (κ3) is 3.50. The maximum absolute atomic E-state index is 4.79. The molecule has 0 aliphatic carbocycles. The van der Waals surface area contributed by atoms with Crippen LogP contribution in [0.4, 0.5) is 5.95 Å². The second kappa shape index (κ2) is 6.42. The molecule has 19 heavy (non-hydrogen) atoms. The van der Waals surface area contributed by atoms with Gasteiger partial charge in [-0.2, -0.15) is 0 Å². The monoisotopic (exact) mass is 264 g/mol. The van der Waals surface area contributed by atoms with Gasteiger partial charge in [-0.1, -0.05) is 6.92 Å². The van der Waals surface area contributed by atoms with Gasteiger partial charge in [0.1, 0.15) is 0 Å². The summed E-state index contributed by atoms with van der Waals surface area (Å²) in [5.74, 6) is 1.93. The predicted octanol–water partition coefficient (Wildman–Crippen LogP) is 2.46. The Hall–Kier alpha value is -1.03. The Kier molecular flexibility index (Phi) is 4.86. The van der Waals surface area contributed by atoms with Crippen molar-refractivity contribution in [2.45, 2.75) is 46.1 Å². The van der Waals surface area contributed by atoms with Gasteiger partial charge >= 0.3 is 0 Å². The van der Waals surface area contributed by atoms with E-state index >= 15 is 0 Å². The van der Waals surface area contributed by atoms with Crippen LogP contribution in [-0.2, 0) is 6.42 Å². The smallest absolute Gasteiger partial charge is 0.205 e. The Bertz CT molecular complexity index is 391. The van der Waals surface area contributed by atoms with E-state index in [9.17, 15) is 0 Å². The fourth-order valence-electron chi connectivity index (χ4n) is 2.80. The van der Waals surface area contributed by atoms with Gasteiger partial charge in [-0.3, -0.25) is 0 Å². The van der Waals surface area contributed by atoms with Crippen molar-refractivity contribution in [3.63, 3.8) is 0 Å². The number of hydrogen-bond donors (Lipinski definition) is 1. The first-order valence-electron chi connectivity index (χ1n) is 7.61. The molecule has 0 spiro atoms. The number of imidazole rings is 1. The van der Waals surface area contributed by atoms with E-state index in [4.69, 9.17) is 4.98 Å². The minimum absolute atomic E-state index is 0.471. The van der Waals surface area contributed by atoms with Crippen molar-refractivity contribution in [2.24, 2.45) is 5.92 Å². The number of hydrogen-bond acceptors (Lipinski definition) is 3. The number of anilines is 1. The first kappa shape index (κ1) is 14.4. The van der Waals surface area contributed by atoms with E-state index in [1.807, 2.05) is 0 Å². The summed E-state index contributed by atoms with van der Waals surface area (Å²) in [6.07, 6.45) is 5.79. The van der Waals surface area contributed by atoms with Crippen molar-refractivity contribution >= 4 is 5.95 Å². The molecule has 1 aliphatic rings. The van der Waals surface area contributed by atoms with E-state index in [0.29, 0.717) is 6.04 Å². The van der Waals surface area contributed by atoms with Gasteiger partial charge in [0.2, 0.25) is 5.95 Å². The molecule has 1 aromatic rings. The van der Waals surface area contributed by atoms with E-state index in [2.05, 4.69) is 48.8 Å². The zero-order valence-corrected chi connectivity index (χ0v) is 12.8. The summed E-state index contributed by atoms with van der Waals surface area (Å²) in [7, 11) is 2.18. The van der Waals surface area contributed by atoms with Gasteiger partial charge in [0.25, 0.3) is 0 Å². The zero-order valence-electron chi connectivity index (χ0n) is 12.8. The molecule has 0 amide bonds. The molecule has 0 atom stereocenters. The van der Waals surface area contributed by atoms with Crippen LogP contribution in [0.5, 0.6) is 0 Å². The normalized spacial score (nSPS) is 17.1. The number of aryl methyl sites for hydroxylation is 1. The molecular weight excluding hydrogens is 236 g/mol. The van der Waals surface area contributed by atoms with Crippen LogP contribution in [0.15, 0.2) is 6.20 Å². The molecule has 1 N–H and O–H groups in total. The molecule has 4 heteroatoms. The van der Waals surface area contributed by atoms with E-state index in [0.717, 1.165) is 37.9 Å². The third-order valence-corrected chi connectivity index (χ3v) is 4.01. The summed E-state index contributed by atoms with van der Waals surface area (Å²) in [6.45, 7) is 10.1. The Morgan fingerprint density at radius 2 is 2.11 bits per heavy atom. The predicted molar refractivity (Wildman–Crippen MR) is 80.9 cm³/mol. The maximum atomic E-state index is 4.79. The number of nitrogens with zero attached hydrogens (tertiary/aromatic N) is 3. The molecule has 1 saturated heterocycles. The lowest BCUT2D eigenvalue weighted by atomic mass is 9.98. The summed E-state index contributed by atoms with van der Waals surface area (Å²) in [5, 5.41) is 3.43. The lowest BCUT2D eigenvalue weighted by molar-refractivity contribution is 0.375. The maximum Gasteiger partial charge on any atom is 0.205 e. The second-order valence-corrected chi connectivity index (χ2v) is 5.96. The average Bonchev–Trinajstić information content (AvgIpc) is 2.84. The number of aromatic nitrogens is 2. The number of nitrogens with one attached hydrogen (secondary N) is 1. The Morgan fingerprint density at radius 3 is 2.68 bits per heavy atom. The van der Waals surface area contributed by atoms with Crippen LogP contribution in [0.3, 0.4) is 0 Å². The van der Waals surface area contributed by atoms with Gasteiger partial charge < -0.3 is 14.8 Å². The highest BCUT2D eigenvalue weighted by atomic mass is 15.3. The molecular formula is C15H28N4. The second-order valence-electron chi connectivity index (χ2n) is 5.96. The minimum atomic E-state index is 0.471. The van der Waals surface area contributed by atoms with Gasteiger partial charge in [0, 0.05) is 25.8 Å². The molecule has 1 aliphatic heterocycles. The van der Waals surface area contributed by atoms with E-state index in [1.54, 1.807) is 0 Å². The highest BCUT2D eigenvalue weighted by Crippen LogP contribution is 2.22. The molecule has 2 heterocycles. The SMILES string of the molecule is CCc1cn(C(C)C)c(N(C)CC2CCNCC2)n1. The van der Waals surface area contributed by atoms with E-state index in [-0.39, 0.29) is 0 Å². The largest absolute Gasteiger partial charge is 0.345 e. The van der Waals surface area contributed by atoms with Crippen LogP contribution in [0.25, 0.3) is 0 Å². The molecule has 1 aromatic heterocycles. The fourth-order valence-corrected chi connectivity index (χ4v) is 2.80. The van der Waals surface area contributed by atoms with Crippen molar-refractivity contribution in [1.82, 2.24) is 14.9 Å². The van der Waals surface area contributed by atoms with Crippen LogP contribution < -0.4 is 10.2 Å². The summed E-state index contributed by atoms with van der Waals surface area (Å²) < 4.78 is 2.31. The molecule has 0 aromatic carbocycles. The molecule has 0 unspecified atom stereocenters. The van der Waals surface area contributed by atoms with Gasteiger partial charge in [-0.25, -0.2) is 4.98 Å². The Balaban J connectivity index is 2.08. The lowest BCUT2D eigenvalue weighted by Crippen LogP contribution is -2.35. The Labute approximate surface area is 117 Å². The topological polar surface area (TPSA) is 33.1 Å². The van der Waals surface area contributed by atoms with Gasteiger partial charge in [-0.15, -0.1) is 0 Å². The summed E-state index contributed by atoms with van der Waals surface area (Å²) in [5.41, 5.74) is 1.20. The lowest BCUT2D eigenvalue weighted by Gasteiger charge is -2.29. The summed E-state index contributed by atoms with van der Waals surface area (Å²) >= 11 is 0. The van der Waals surface area contributed by atoms with Crippen LogP contribution >= 0.6 is 0 Å². The fraction of sp³-hybridized carbons (Fsp3) is 0.800. The molecule has 1 fully saturated rings. The van der Waals surface area contributed by atoms with Crippen LogP contribution in [-0.4, -0.2) is 36.2 Å². The molecule has 4 nitrogen and oxygen atoms in total. The first-order valence-corrected chi connectivity index (χ1v) is 7.61. The molecule has 2 rings (SSSR count). The first-order chi connectivity index (χ1) is 9.11. The summed E-state index contributed by atoms with van der Waals surface area (Å²) in [6, 6.07) is 0.471. The van der Waals surface area contributed by atoms with Crippen molar-refractivity contribution in [1.29, 1.82) is 0 Å². The van der Waals surface area contributed by atoms with Crippen LogP contribution in [0.1, 0.15) is 45.3 Å².